The lowest BCUT2D eigenvalue weighted by Gasteiger charge is -2.36. The van der Waals surface area contributed by atoms with Crippen molar-refractivity contribution >= 4 is 28.4 Å². The number of hydrogen-bond acceptors (Lipinski definition) is 5. The maximum atomic E-state index is 12.8. The van der Waals surface area contributed by atoms with E-state index in [2.05, 4.69) is 47.5 Å². The third kappa shape index (κ3) is 4.50. The number of aromatic nitrogens is 2. The van der Waals surface area contributed by atoms with Gasteiger partial charge in [0.15, 0.2) is 5.82 Å². The largest absolute Gasteiger partial charge is 0.497 e. The lowest BCUT2D eigenvalue weighted by Crippen LogP contribution is -2.50. The number of ether oxygens (including phenoxy) is 1. The van der Waals surface area contributed by atoms with Crippen molar-refractivity contribution in [3.63, 3.8) is 0 Å². The van der Waals surface area contributed by atoms with Crippen LogP contribution in [0.4, 0.5) is 16.3 Å². The molecule has 0 aliphatic carbocycles. The second kappa shape index (κ2) is 9.39. The minimum atomic E-state index is -0.0993. The number of urea groups is 1. The summed E-state index contributed by atoms with van der Waals surface area (Å²) in [6.07, 6.45) is 0. The van der Waals surface area contributed by atoms with Crippen molar-refractivity contribution in [2.45, 2.75) is 6.92 Å². The average molecular weight is 454 g/mol. The number of piperazine rings is 1. The minimum Gasteiger partial charge on any atom is -0.497 e. The summed E-state index contributed by atoms with van der Waals surface area (Å²) in [6, 6.07) is 23.6. The molecule has 1 aromatic heterocycles. The molecule has 7 heteroatoms. The number of benzene rings is 3. The van der Waals surface area contributed by atoms with E-state index in [1.807, 2.05) is 47.4 Å². The van der Waals surface area contributed by atoms with Gasteiger partial charge in [0.1, 0.15) is 11.6 Å². The van der Waals surface area contributed by atoms with Gasteiger partial charge in [-0.25, -0.2) is 14.8 Å². The van der Waals surface area contributed by atoms with Gasteiger partial charge in [-0.2, -0.15) is 0 Å². The Morgan fingerprint density at radius 3 is 2.29 bits per heavy atom. The zero-order chi connectivity index (χ0) is 23.5. The van der Waals surface area contributed by atoms with Crippen molar-refractivity contribution in [3.05, 3.63) is 78.4 Å². The van der Waals surface area contributed by atoms with Gasteiger partial charge >= 0.3 is 6.03 Å². The van der Waals surface area contributed by atoms with E-state index in [-0.39, 0.29) is 6.03 Å². The van der Waals surface area contributed by atoms with Crippen LogP contribution in [0.3, 0.4) is 0 Å². The first-order valence-electron chi connectivity index (χ1n) is 11.4. The van der Waals surface area contributed by atoms with Crippen LogP contribution >= 0.6 is 0 Å². The summed E-state index contributed by atoms with van der Waals surface area (Å²) in [5.41, 5.74) is 3.87. The van der Waals surface area contributed by atoms with Crippen molar-refractivity contribution < 1.29 is 9.53 Å². The number of carbonyl (C=O) groups is 1. The summed E-state index contributed by atoms with van der Waals surface area (Å²) in [5.74, 6) is 2.39. The molecular formula is C27H27N5O2. The Bertz CT molecular complexity index is 1300. The van der Waals surface area contributed by atoms with E-state index in [1.54, 1.807) is 7.11 Å². The van der Waals surface area contributed by atoms with Crippen LogP contribution in [0.1, 0.15) is 5.56 Å². The number of nitrogens with zero attached hydrogens (tertiary/aromatic N) is 4. The number of methoxy groups -OCH3 is 1. The number of anilines is 2. The summed E-state index contributed by atoms with van der Waals surface area (Å²) >= 11 is 0. The molecule has 172 valence electrons. The molecule has 1 fully saturated rings. The number of rotatable bonds is 4. The lowest BCUT2D eigenvalue weighted by molar-refractivity contribution is 0.208. The highest BCUT2D eigenvalue weighted by atomic mass is 16.5. The molecule has 5 rings (SSSR count). The van der Waals surface area contributed by atoms with E-state index in [9.17, 15) is 4.79 Å². The van der Waals surface area contributed by atoms with E-state index in [0.29, 0.717) is 32.0 Å². The molecule has 34 heavy (non-hydrogen) atoms. The first-order chi connectivity index (χ1) is 16.6. The normalized spacial score (nSPS) is 13.7. The van der Waals surface area contributed by atoms with E-state index in [1.165, 1.54) is 5.56 Å². The predicted octanol–water partition coefficient (Wildman–Crippen LogP) is 4.97. The van der Waals surface area contributed by atoms with E-state index >= 15 is 0 Å². The molecule has 3 aromatic carbocycles. The molecule has 0 spiro atoms. The molecule has 4 aromatic rings. The Morgan fingerprint density at radius 2 is 1.59 bits per heavy atom. The van der Waals surface area contributed by atoms with Gasteiger partial charge < -0.3 is 19.9 Å². The maximum Gasteiger partial charge on any atom is 0.321 e. The number of carbonyl (C=O) groups excluding carboxylic acids is 1. The molecule has 0 atom stereocenters. The van der Waals surface area contributed by atoms with Gasteiger partial charge in [0.05, 0.1) is 12.6 Å². The van der Waals surface area contributed by atoms with Crippen LogP contribution < -0.4 is 15.0 Å². The van der Waals surface area contributed by atoms with Crippen LogP contribution in [0, 0.1) is 6.92 Å². The molecule has 0 unspecified atom stereocenters. The molecule has 0 radical (unpaired) electrons. The van der Waals surface area contributed by atoms with Crippen LogP contribution in [-0.2, 0) is 0 Å². The zero-order valence-corrected chi connectivity index (χ0v) is 19.4. The van der Waals surface area contributed by atoms with Crippen LogP contribution in [0.25, 0.3) is 22.3 Å². The maximum absolute atomic E-state index is 12.8. The fourth-order valence-corrected chi connectivity index (χ4v) is 4.13. The second-order valence-corrected chi connectivity index (χ2v) is 8.39. The third-order valence-corrected chi connectivity index (χ3v) is 6.10. The molecule has 1 aliphatic heterocycles. The van der Waals surface area contributed by atoms with Crippen LogP contribution in [0.5, 0.6) is 5.75 Å². The van der Waals surface area contributed by atoms with Crippen LogP contribution in [0.2, 0.25) is 0 Å². The van der Waals surface area contributed by atoms with Crippen molar-refractivity contribution in [1.29, 1.82) is 0 Å². The standard InChI is InChI=1S/C27H27N5O2/c1-19-7-9-20(10-8-19)25-29-24-6-4-3-5-23(24)26(30-25)31-15-17-32(18-16-31)27(33)28-21-11-13-22(34-2)14-12-21/h3-14H,15-18H2,1-2H3,(H,28,33). The number of nitrogens with one attached hydrogen (secondary N) is 1. The molecule has 1 N–H and O–H groups in total. The molecule has 1 saturated heterocycles. The van der Waals surface area contributed by atoms with Gasteiger partial charge in [0, 0.05) is 42.8 Å². The first-order valence-corrected chi connectivity index (χ1v) is 11.4. The van der Waals surface area contributed by atoms with Crippen molar-refractivity contribution in [2.75, 3.05) is 43.5 Å². The summed E-state index contributed by atoms with van der Waals surface area (Å²) in [7, 11) is 1.62. The minimum absolute atomic E-state index is 0.0993. The summed E-state index contributed by atoms with van der Waals surface area (Å²) in [4.78, 5) is 26.6. The van der Waals surface area contributed by atoms with Gasteiger partial charge in [-0.05, 0) is 43.3 Å². The van der Waals surface area contributed by atoms with Crippen molar-refractivity contribution in [2.24, 2.45) is 0 Å². The molecule has 2 amide bonds. The average Bonchev–Trinajstić information content (AvgIpc) is 2.89. The number of para-hydroxylation sites is 1. The third-order valence-electron chi connectivity index (χ3n) is 6.10. The zero-order valence-electron chi connectivity index (χ0n) is 19.4. The molecular weight excluding hydrogens is 426 g/mol. The SMILES string of the molecule is COc1ccc(NC(=O)N2CCN(c3nc(-c4ccc(C)cc4)nc4ccccc34)CC2)cc1. The van der Waals surface area contributed by atoms with Gasteiger partial charge in [-0.1, -0.05) is 42.0 Å². The summed E-state index contributed by atoms with van der Waals surface area (Å²) < 4.78 is 5.18. The monoisotopic (exact) mass is 453 g/mol. The summed E-state index contributed by atoms with van der Waals surface area (Å²) in [5, 5.41) is 3.99. The smallest absolute Gasteiger partial charge is 0.321 e. The summed E-state index contributed by atoms with van der Waals surface area (Å²) in [6.45, 7) is 4.69. The van der Waals surface area contributed by atoms with Gasteiger partial charge in [-0.15, -0.1) is 0 Å². The number of fused-ring (bicyclic) bond motifs is 1. The Hall–Kier alpha value is -4.13. The fourth-order valence-electron chi connectivity index (χ4n) is 4.13. The predicted molar refractivity (Wildman–Crippen MR) is 136 cm³/mol. The molecule has 1 aliphatic rings. The Kier molecular flexibility index (Phi) is 5.99. The molecule has 0 saturated carbocycles. The van der Waals surface area contributed by atoms with Gasteiger partial charge in [-0.3, -0.25) is 0 Å². The van der Waals surface area contributed by atoms with Crippen LogP contribution in [0.15, 0.2) is 72.8 Å². The number of aryl methyl sites for hydroxylation is 1. The first kappa shape index (κ1) is 21.7. The van der Waals surface area contributed by atoms with Gasteiger partial charge in [0.25, 0.3) is 0 Å². The fraction of sp³-hybridized carbons (Fsp3) is 0.222. The highest BCUT2D eigenvalue weighted by Crippen LogP contribution is 2.28. The number of hydrogen-bond donors (Lipinski definition) is 1. The Balaban J connectivity index is 1.33. The second-order valence-electron chi connectivity index (χ2n) is 8.39. The molecule has 2 heterocycles. The van der Waals surface area contributed by atoms with Crippen LogP contribution in [-0.4, -0.2) is 54.2 Å². The van der Waals surface area contributed by atoms with Crippen molar-refractivity contribution in [3.8, 4) is 17.1 Å². The van der Waals surface area contributed by atoms with E-state index in [4.69, 9.17) is 14.7 Å². The highest BCUT2D eigenvalue weighted by molar-refractivity contribution is 5.92. The quantitative estimate of drug-likeness (QED) is 0.473. The molecule has 7 nitrogen and oxygen atoms in total. The van der Waals surface area contributed by atoms with E-state index < -0.39 is 0 Å². The van der Waals surface area contributed by atoms with E-state index in [0.717, 1.165) is 33.7 Å². The highest BCUT2D eigenvalue weighted by Gasteiger charge is 2.24. The van der Waals surface area contributed by atoms with Gasteiger partial charge in [0.2, 0.25) is 0 Å². The molecule has 0 bridgehead atoms. The van der Waals surface area contributed by atoms with Crippen molar-refractivity contribution in [1.82, 2.24) is 14.9 Å². The lowest BCUT2D eigenvalue weighted by atomic mass is 10.1. The number of amides is 2. The topological polar surface area (TPSA) is 70.6 Å². The Labute approximate surface area is 199 Å². The Morgan fingerprint density at radius 1 is 0.882 bits per heavy atom.